The maximum absolute atomic E-state index is 11.2. The van der Waals surface area contributed by atoms with Crippen LogP contribution in [0.5, 0.6) is 0 Å². The summed E-state index contributed by atoms with van der Waals surface area (Å²) in [6, 6.07) is 6.70. The van der Waals surface area contributed by atoms with Gasteiger partial charge in [-0.1, -0.05) is 23.2 Å². The summed E-state index contributed by atoms with van der Waals surface area (Å²) in [5.41, 5.74) is 1.10. The summed E-state index contributed by atoms with van der Waals surface area (Å²) in [6.07, 6.45) is 1.54. The van der Waals surface area contributed by atoms with E-state index in [2.05, 4.69) is 0 Å². The largest absolute Gasteiger partial charge is 0.464 e. The molecule has 0 saturated carbocycles. The quantitative estimate of drug-likeness (QED) is 0.741. The van der Waals surface area contributed by atoms with Crippen molar-refractivity contribution in [3.05, 3.63) is 46.1 Å². The number of hydrogen-bond acceptors (Lipinski definition) is 2. The van der Waals surface area contributed by atoms with Crippen LogP contribution in [-0.2, 0) is 0 Å². The van der Waals surface area contributed by atoms with E-state index < -0.39 is 0 Å². The lowest BCUT2D eigenvalue weighted by molar-refractivity contribution is 0.101. The molecule has 0 spiro atoms. The average Bonchev–Trinajstić information content (AvgIpc) is 2.69. The Bertz CT molecular complexity index is 507. The minimum absolute atomic E-state index is 0.0743. The van der Waals surface area contributed by atoms with Crippen molar-refractivity contribution in [1.29, 1.82) is 0 Å². The lowest BCUT2D eigenvalue weighted by atomic mass is 10.1. The summed E-state index contributed by atoms with van der Waals surface area (Å²) in [6.45, 7) is 1.47. The predicted molar refractivity (Wildman–Crippen MR) is 64.2 cm³/mol. The van der Waals surface area contributed by atoms with Gasteiger partial charge in [-0.2, -0.15) is 0 Å². The second-order valence-electron chi connectivity index (χ2n) is 3.35. The van der Waals surface area contributed by atoms with Gasteiger partial charge >= 0.3 is 0 Å². The highest BCUT2D eigenvalue weighted by Gasteiger charge is 2.14. The van der Waals surface area contributed by atoms with Gasteiger partial charge < -0.3 is 4.42 Å². The summed E-state index contributed by atoms with van der Waals surface area (Å²) in [7, 11) is 0. The number of carbonyl (C=O) groups excluding carboxylic acids is 1. The Morgan fingerprint density at radius 2 is 1.88 bits per heavy atom. The molecule has 1 aromatic heterocycles. The molecule has 2 nitrogen and oxygen atoms in total. The third kappa shape index (κ3) is 1.99. The molecule has 1 aromatic carbocycles. The molecule has 2 aromatic rings. The number of benzene rings is 1. The van der Waals surface area contributed by atoms with Crippen molar-refractivity contribution in [2.75, 3.05) is 0 Å². The second-order valence-corrected chi connectivity index (χ2v) is 4.16. The molecule has 0 aliphatic heterocycles. The fraction of sp³-hybridized carbons (Fsp3) is 0.0833. The molecule has 0 amide bonds. The van der Waals surface area contributed by atoms with E-state index in [0.717, 1.165) is 0 Å². The van der Waals surface area contributed by atoms with Gasteiger partial charge in [0.15, 0.2) is 5.78 Å². The SMILES string of the molecule is CC(=O)c1cc(Cl)c(-c2ccco2)c(Cl)c1. The Labute approximate surface area is 103 Å². The Balaban J connectivity index is 2.61. The minimum atomic E-state index is -0.0743. The first-order valence-electron chi connectivity index (χ1n) is 4.63. The van der Waals surface area contributed by atoms with Crippen LogP contribution in [-0.4, -0.2) is 5.78 Å². The van der Waals surface area contributed by atoms with Gasteiger partial charge in [-0.3, -0.25) is 4.79 Å². The second kappa shape index (κ2) is 4.32. The van der Waals surface area contributed by atoms with E-state index >= 15 is 0 Å². The molecule has 0 atom stereocenters. The first-order valence-corrected chi connectivity index (χ1v) is 5.39. The molecule has 0 N–H and O–H groups in total. The molecule has 0 saturated heterocycles. The number of hydrogen-bond donors (Lipinski definition) is 0. The van der Waals surface area contributed by atoms with Gasteiger partial charge in [0.2, 0.25) is 0 Å². The Hall–Kier alpha value is -1.25. The molecule has 0 aliphatic carbocycles. The standard InChI is InChI=1S/C12H8Cl2O2/c1-7(15)8-5-9(13)12(10(14)6-8)11-3-2-4-16-11/h2-6H,1H3. The van der Waals surface area contributed by atoms with Crippen molar-refractivity contribution < 1.29 is 9.21 Å². The van der Waals surface area contributed by atoms with Crippen molar-refractivity contribution >= 4 is 29.0 Å². The fourth-order valence-electron chi connectivity index (χ4n) is 1.43. The van der Waals surface area contributed by atoms with E-state index in [0.29, 0.717) is 26.9 Å². The monoisotopic (exact) mass is 254 g/mol. The molecular weight excluding hydrogens is 247 g/mol. The Morgan fingerprint density at radius 3 is 2.31 bits per heavy atom. The van der Waals surface area contributed by atoms with E-state index in [4.69, 9.17) is 27.6 Å². The zero-order chi connectivity index (χ0) is 11.7. The highest BCUT2D eigenvalue weighted by Crippen LogP contribution is 2.36. The van der Waals surface area contributed by atoms with Crippen LogP contribution in [0.3, 0.4) is 0 Å². The van der Waals surface area contributed by atoms with E-state index in [9.17, 15) is 4.79 Å². The molecule has 4 heteroatoms. The van der Waals surface area contributed by atoms with Crippen molar-refractivity contribution in [1.82, 2.24) is 0 Å². The third-order valence-electron chi connectivity index (χ3n) is 2.22. The zero-order valence-corrected chi connectivity index (χ0v) is 9.97. The summed E-state index contributed by atoms with van der Waals surface area (Å²) in [5.74, 6) is 0.514. The van der Waals surface area contributed by atoms with Gasteiger partial charge in [0.25, 0.3) is 0 Å². The topological polar surface area (TPSA) is 30.2 Å². The van der Waals surface area contributed by atoms with Crippen LogP contribution in [0.1, 0.15) is 17.3 Å². The molecule has 0 radical (unpaired) electrons. The summed E-state index contributed by atoms with van der Waals surface area (Å²) in [4.78, 5) is 11.2. The summed E-state index contributed by atoms with van der Waals surface area (Å²) >= 11 is 12.1. The Morgan fingerprint density at radius 1 is 1.25 bits per heavy atom. The lowest BCUT2D eigenvalue weighted by Gasteiger charge is -2.06. The molecule has 0 fully saturated rings. The Kier molecular flexibility index (Phi) is 3.03. The van der Waals surface area contributed by atoms with Crippen molar-refractivity contribution in [3.63, 3.8) is 0 Å². The molecule has 0 bridgehead atoms. The molecule has 0 aliphatic rings. The van der Waals surface area contributed by atoms with E-state index in [1.54, 1.807) is 30.5 Å². The van der Waals surface area contributed by atoms with Gasteiger partial charge in [0, 0.05) is 5.56 Å². The van der Waals surface area contributed by atoms with Gasteiger partial charge in [0.1, 0.15) is 5.76 Å². The van der Waals surface area contributed by atoms with Gasteiger partial charge in [-0.25, -0.2) is 0 Å². The van der Waals surface area contributed by atoms with Crippen LogP contribution in [0.2, 0.25) is 10.0 Å². The summed E-state index contributed by atoms with van der Waals surface area (Å²) in [5, 5.41) is 0.820. The lowest BCUT2D eigenvalue weighted by Crippen LogP contribution is -1.93. The van der Waals surface area contributed by atoms with Crippen molar-refractivity contribution in [2.45, 2.75) is 6.92 Å². The van der Waals surface area contributed by atoms with Crippen molar-refractivity contribution in [3.8, 4) is 11.3 Å². The first kappa shape index (κ1) is 11.2. The third-order valence-corrected chi connectivity index (χ3v) is 2.81. The minimum Gasteiger partial charge on any atom is -0.464 e. The normalized spacial score (nSPS) is 10.4. The number of rotatable bonds is 2. The maximum Gasteiger partial charge on any atom is 0.159 e. The molecular formula is C12H8Cl2O2. The van der Waals surface area contributed by atoms with Gasteiger partial charge in [-0.15, -0.1) is 0 Å². The van der Waals surface area contributed by atoms with Crippen LogP contribution in [0.25, 0.3) is 11.3 Å². The molecule has 2 rings (SSSR count). The predicted octanol–water partition coefficient (Wildman–Crippen LogP) is 4.46. The van der Waals surface area contributed by atoms with E-state index in [1.807, 2.05) is 0 Å². The van der Waals surface area contributed by atoms with Crippen LogP contribution >= 0.6 is 23.2 Å². The number of carbonyl (C=O) groups is 1. The molecule has 1 heterocycles. The molecule has 82 valence electrons. The van der Waals surface area contributed by atoms with Crippen LogP contribution in [0.4, 0.5) is 0 Å². The van der Waals surface area contributed by atoms with Gasteiger partial charge in [0.05, 0.1) is 21.9 Å². The van der Waals surface area contributed by atoms with Crippen LogP contribution in [0.15, 0.2) is 34.9 Å². The van der Waals surface area contributed by atoms with Crippen LogP contribution in [0, 0.1) is 0 Å². The zero-order valence-electron chi connectivity index (χ0n) is 8.46. The average molecular weight is 255 g/mol. The highest BCUT2D eigenvalue weighted by atomic mass is 35.5. The number of ketones is 1. The highest BCUT2D eigenvalue weighted by molar-refractivity contribution is 6.39. The first-order chi connectivity index (χ1) is 7.59. The number of halogens is 2. The fourth-order valence-corrected chi connectivity index (χ4v) is 2.11. The number of furan rings is 1. The van der Waals surface area contributed by atoms with E-state index in [-0.39, 0.29) is 5.78 Å². The van der Waals surface area contributed by atoms with Crippen LogP contribution < -0.4 is 0 Å². The maximum atomic E-state index is 11.2. The van der Waals surface area contributed by atoms with E-state index in [1.165, 1.54) is 6.92 Å². The van der Waals surface area contributed by atoms with Gasteiger partial charge in [-0.05, 0) is 31.2 Å². The number of Topliss-reactive ketones (excluding diaryl/α,β-unsaturated/α-hetero) is 1. The summed E-state index contributed by atoms with van der Waals surface area (Å²) < 4.78 is 5.23. The van der Waals surface area contributed by atoms with Crippen molar-refractivity contribution in [2.24, 2.45) is 0 Å². The molecule has 16 heavy (non-hydrogen) atoms. The molecule has 0 unspecified atom stereocenters. The smallest absolute Gasteiger partial charge is 0.159 e.